The lowest BCUT2D eigenvalue weighted by molar-refractivity contribution is 0.432. The molecule has 0 saturated heterocycles. The van der Waals surface area contributed by atoms with E-state index in [1.54, 1.807) is 29.6 Å². The van der Waals surface area contributed by atoms with E-state index in [1.165, 1.54) is 17.4 Å². The molecule has 0 radical (unpaired) electrons. The summed E-state index contributed by atoms with van der Waals surface area (Å²) in [4.78, 5) is 4.73. The van der Waals surface area contributed by atoms with E-state index in [0.29, 0.717) is 10.4 Å². The summed E-state index contributed by atoms with van der Waals surface area (Å²) in [5.74, 6) is -0.0169. The summed E-state index contributed by atoms with van der Waals surface area (Å²) >= 11 is 1.33. The zero-order chi connectivity index (χ0) is 13.2. The molecule has 3 rings (SSSR count). The Morgan fingerprint density at radius 1 is 1.26 bits per heavy atom. The maximum absolute atomic E-state index is 13.6. The van der Waals surface area contributed by atoms with Gasteiger partial charge in [-0.2, -0.15) is 10.2 Å². The molecule has 2 aromatic heterocycles. The minimum atomic E-state index is -0.415. The quantitative estimate of drug-likeness (QED) is 0.715. The van der Waals surface area contributed by atoms with Gasteiger partial charge in [0.2, 0.25) is 5.82 Å². The number of rotatable bonds is 2. The second kappa shape index (κ2) is 4.63. The van der Waals surface area contributed by atoms with Crippen LogP contribution >= 0.6 is 11.3 Å². The molecular formula is C13H6FN3OS. The Kier molecular flexibility index (Phi) is 2.82. The molecular weight excluding hydrogens is 265 g/mol. The molecule has 4 nitrogen and oxygen atoms in total. The van der Waals surface area contributed by atoms with Gasteiger partial charge < -0.3 is 4.52 Å². The summed E-state index contributed by atoms with van der Waals surface area (Å²) in [5.41, 5.74) is 0.737. The van der Waals surface area contributed by atoms with Crippen molar-refractivity contribution in [3.63, 3.8) is 0 Å². The fourth-order valence-electron chi connectivity index (χ4n) is 1.63. The standard InChI is InChI=1S/C13H6FN3OS/c14-10-4-2-1-3-9(10)12-16-13(18-17-12)11-8(7-15)5-6-19-11/h1-6H. The fraction of sp³-hybridized carbons (Fsp3) is 0. The van der Waals surface area contributed by atoms with E-state index in [4.69, 9.17) is 9.78 Å². The number of halogens is 1. The third-order valence-corrected chi connectivity index (χ3v) is 3.42. The van der Waals surface area contributed by atoms with Gasteiger partial charge in [-0.05, 0) is 23.6 Å². The van der Waals surface area contributed by atoms with Crippen LogP contribution in [0.15, 0.2) is 40.2 Å². The van der Waals surface area contributed by atoms with Crippen molar-refractivity contribution in [2.24, 2.45) is 0 Å². The van der Waals surface area contributed by atoms with Gasteiger partial charge in [-0.3, -0.25) is 0 Å². The summed E-state index contributed by atoms with van der Waals surface area (Å²) in [6, 6.07) is 9.91. The lowest BCUT2D eigenvalue weighted by Crippen LogP contribution is -1.85. The zero-order valence-corrected chi connectivity index (χ0v) is 10.3. The van der Waals surface area contributed by atoms with Gasteiger partial charge in [0.05, 0.1) is 11.1 Å². The number of nitriles is 1. The number of hydrogen-bond donors (Lipinski definition) is 0. The second-order valence-electron chi connectivity index (χ2n) is 3.68. The Balaban J connectivity index is 2.06. The molecule has 0 atom stereocenters. The Labute approximate surface area is 111 Å². The van der Waals surface area contributed by atoms with Gasteiger partial charge in [0.15, 0.2) is 0 Å². The van der Waals surface area contributed by atoms with Crippen molar-refractivity contribution in [1.29, 1.82) is 5.26 Å². The van der Waals surface area contributed by atoms with Crippen LogP contribution in [0.5, 0.6) is 0 Å². The molecule has 3 aromatic rings. The average Bonchev–Trinajstić information content (AvgIpc) is 3.07. The summed E-state index contributed by atoms with van der Waals surface area (Å²) in [5, 5.41) is 14.5. The highest BCUT2D eigenvalue weighted by atomic mass is 32.1. The molecule has 0 fully saturated rings. The minimum absolute atomic E-state index is 0.172. The normalized spacial score (nSPS) is 10.3. The predicted octanol–water partition coefficient (Wildman–Crippen LogP) is 3.48. The Bertz CT molecular complexity index is 756. The Morgan fingerprint density at radius 3 is 2.89 bits per heavy atom. The van der Waals surface area contributed by atoms with E-state index in [9.17, 15) is 4.39 Å². The van der Waals surface area contributed by atoms with Gasteiger partial charge in [0.25, 0.3) is 5.89 Å². The first-order chi connectivity index (χ1) is 9.29. The van der Waals surface area contributed by atoms with Crippen LogP contribution in [-0.4, -0.2) is 10.1 Å². The smallest absolute Gasteiger partial charge is 0.269 e. The number of hydrogen-bond acceptors (Lipinski definition) is 5. The summed E-state index contributed by atoms with van der Waals surface area (Å²) < 4.78 is 18.7. The SMILES string of the molecule is N#Cc1ccsc1-c1nc(-c2ccccc2F)no1. The lowest BCUT2D eigenvalue weighted by Gasteiger charge is -1.94. The molecule has 0 N–H and O–H groups in total. The van der Waals surface area contributed by atoms with Gasteiger partial charge in [0.1, 0.15) is 16.8 Å². The molecule has 1 aromatic carbocycles. The highest BCUT2D eigenvalue weighted by Gasteiger charge is 2.16. The van der Waals surface area contributed by atoms with Crippen LogP contribution in [0.25, 0.3) is 22.2 Å². The zero-order valence-electron chi connectivity index (χ0n) is 9.50. The second-order valence-corrected chi connectivity index (χ2v) is 4.59. The third kappa shape index (κ3) is 2.00. The molecule has 0 saturated carbocycles. The monoisotopic (exact) mass is 271 g/mol. The maximum atomic E-state index is 13.6. The topological polar surface area (TPSA) is 62.7 Å². The number of aromatic nitrogens is 2. The van der Waals surface area contributed by atoms with Crippen LogP contribution in [0, 0.1) is 17.1 Å². The molecule has 2 heterocycles. The molecule has 0 spiro atoms. The Morgan fingerprint density at radius 2 is 2.11 bits per heavy atom. The van der Waals surface area contributed by atoms with Crippen molar-refractivity contribution >= 4 is 11.3 Å². The van der Waals surface area contributed by atoms with Gasteiger partial charge in [-0.15, -0.1) is 11.3 Å². The first-order valence-corrected chi connectivity index (χ1v) is 6.24. The van der Waals surface area contributed by atoms with Crippen LogP contribution in [-0.2, 0) is 0 Å². The molecule has 0 aliphatic carbocycles. The van der Waals surface area contributed by atoms with Crippen molar-refractivity contribution in [2.45, 2.75) is 0 Å². The van der Waals surface area contributed by atoms with Gasteiger partial charge in [0, 0.05) is 0 Å². The van der Waals surface area contributed by atoms with Crippen LogP contribution in [0.1, 0.15) is 5.56 Å². The first-order valence-electron chi connectivity index (χ1n) is 5.36. The van der Waals surface area contributed by atoms with E-state index >= 15 is 0 Å². The third-order valence-electron chi connectivity index (χ3n) is 2.52. The molecule has 0 unspecified atom stereocenters. The van der Waals surface area contributed by atoms with Crippen molar-refractivity contribution in [3.05, 3.63) is 47.1 Å². The molecule has 0 aliphatic heterocycles. The molecule has 0 amide bonds. The molecule has 19 heavy (non-hydrogen) atoms. The van der Waals surface area contributed by atoms with Crippen molar-refractivity contribution in [1.82, 2.24) is 10.1 Å². The van der Waals surface area contributed by atoms with Crippen molar-refractivity contribution in [2.75, 3.05) is 0 Å². The predicted molar refractivity (Wildman–Crippen MR) is 67.7 cm³/mol. The van der Waals surface area contributed by atoms with Crippen LogP contribution < -0.4 is 0 Å². The largest absolute Gasteiger partial charge is 0.333 e. The van der Waals surface area contributed by atoms with Crippen molar-refractivity contribution in [3.8, 4) is 28.2 Å². The first kappa shape index (κ1) is 11.6. The minimum Gasteiger partial charge on any atom is -0.333 e. The summed E-state index contributed by atoms with van der Waals surface area (Å²) in [7, 11) is 0. The van der Waals surface area contributed by atoms with Gasteiger partial charge in [-0.1, -0.05) is 17.3 Å². The summed E-state index contributed by atoms with van der Waals surface area (Å²) in [6.07, 6.45) is 0. The van der Waals surface area contributed by atoms with Gasteiger partial charge >= 0.3 is 0 Å². The lowest BCUT2D eigenvalue weighted by atomic mass is 10.2. The Hall–Kier alpha value is -2.52. The van der Waals surface area contributed by atoms with E-state index in [-0.39, 0.29) is 17.3 Å². The molecule has 92 valence electrons. The maximum Gasteiger partial charge on any atom is 0.269 e. The molecule has 0 aliphatic rings. The number of thiophene rings is 1. The average molecular weight is 271 g/mol. The van der Waals surface area contributed by atoms with Crippen LogP contribution in [0.2, 0.25) is 0 Å². The summed E-state index contributed by atoms with van der Waals surface area (Å²) in [6.45, 7) is 0. The molecule has 6 heteroatoms. The highest BCUT2D eigenvalue weighted by Crippen LogP contribution is 2.29. The van der Waals surface area contributed by atoms with Crippen LogP contribution in [0.3, 0.4) is 0 Å². The number of nitrogens with zero attached hydrogens (tertiary/aromatic N) is 3. The van der Waals surface area contributed by atoms with Gasteiger partial charge in [-0.25, -0.2) is 4.39 Å². The fourth-order valence-corrected chi connectivity index (χ4v) is 2.40. The van der Waals surface area contributed by atoms with Crippen LogP contribution in [0.4, 0.5) is 4.39 Å². The van der Waals surface area contributed by atoms with E-state index in [1.807, 2.05) is 6.07 Å². The number of benzene rings is 1. The van der Waals surface area contributed by atoms with E-state index in [2.05, 4.69) is 10.1 Å². The van der Waals surface area contributed by atoms with E-state index < -0.39 is 5.82 Å². The van der Waals surface area contributed by atoms with Crippen molar-refractivity contribution < 1.29 is 8.91 Å². The van der Waals surface area contributed by atoms with E-state index in [0.717, 1.165) is 0 Å². The molecule has 0 bridgehead atoms. The highest BCUT2D eigenvalue weighted by molar-refractivity contribution is 7.13.